The summed E-state index contributed by atoms with van der Waals surface area (Å²) >= 11 is 0. The summed E-state index contributed by atoms with van der Waals surface area (Å²) in [5, 5.41) is 49.4. The minimum absolute atomic E-state index is 0.0160. The number of aliphatic hydroxyl groups excluding tert-OH is 4. The van der Waals surface area contributed by atoms with Crippen LogP contribution in [-0.2, 0) is 4.74 Å². The van der Waals surface area contributed by atoms with Gasteiger partial charge in [-0.3, -0.25) is 4.79 Å². The Hall–Kier alpha value is -2.95. The van der Waals surface area contributed by atoms with Crippen LogP contribution in [-0.4, -0.2) is 62.8 Å². The molecule has 4 rings (SSSR count). The van der Waals surface area contributed by atoms with E-state index in [-0.39, 0.29) is 22.5 Å². The highest BCUT2D eigenvalue weighted by atomic mass is 16.7. The van der Waals surface area contributed by atoms with Gasteiger partial charge in [0.2, 0.25) is 6.29 Å². The summed E-state index contributed by atoms with van der Waals surface area (Å²) in [6.07, 6.45) is -7.35. The molecule has 5 N–H and O–H groups in total. The van der Waals surface area contributed by atoms with Crippen molar-refractivity contribution in [2.75, 3.05) is 6.61 Å². The normalized spacial score (nSPS) is 26.6. The van der Waals surface area contributed by atoms with E-state index >= 15 is 0 Å². The van der Waals surface area contributed by atoms with Gasteiger partial charge in [-0.25, -0.2) is 0 Å². The third-order valence-electron chi connectivity index (χ3n) is 4.94. The molecule has 1 aliphatic rings. The van der Waals surface area contributed by atoms with Crippen molar-refractivity contribution in [2.24, 2.45) is 0 Å². The van der Waals surface area contributed by atoms with Gasteiger partial charge in [0.05, 0.1) is 6.61 Å². The number of aliphatic hydroxyl groups is 4. The van der Waals surface area contributed by atoms with E-state index in [1.165, 1.54) is 12.1 Å². The quantitative estimate of drug-likeness (QED) is 0.406. The number of benzene rings is 2. The first-order chi connectivity index (χ1) is 14.4. The summed E-state index contributed by atoms with van der Waals surface area (Å²) in [4.78, 5) is 12.5. The molecule has 0 unspecified atom stereocenters. The van der Waals surface area contributed by atoms with Crippen LogP contribution in [0.4, 0.5) is 0 Å². The van der Waals surface area contributed by atoms with Crippen LogP contribution in [0.3, 0.4) is 0 Å². The number of aromatic hydroxyl groups is 1. The summed E-state index contributed by atoms with van der Waals surface area (Å²) in [5.74, 6) is -0.129. The zero-order valence-corrected chi connectivity index (χ0v) is 15.6. The summed E-state index contributed by atoms with van der Waals surface area (Å²) in [6.45, 7) is -0.608. The van der Waals surface area contributed by atoms with Crippen molar-refractivity contribution in [3.8, 4) is 22.8 Å². The molecular weight excluding hydrogens is 396 g/mol. The lowest BCUT2D eigenvalue weighted by molar-refractivity contribution is -0.277. The third-order valence-corrected chi connectivity index (χ3v) is 4.94. The van der Waals surface area contributed by atoms with Gasteiger partial charge in [0.25, 0.3) is 0 Å². The van der Waals surface area contributed by atoms with Crippen molar-refractivity contribution in [1.29, 1.82) is 0 Å². The predicted molar refractivity (Wildman–Crippen MR) is 104 cm³/mol. The van der Waals surface area contributed by atoms with E-state index in [2.05, 4.69) is 0 Å². The summed E-state index contributed by atoms with van der Waals surface area (Å²) < 4.78 is 16.6. The Morgan fingerprint density at radius 1 is 0.967 bits per heavy atom. The topological polar surface area (TPSA) is 150 Å². The van der Waals surface area contributed by atoms with E-state index in [9.17, 15) is 30.3 Å². The number of phenolic OH excluding ortho intramolecular Hbond substituents is 1. The SMILES string of the molecule is O=c1cc(-c2ccccc2)oc2cc(O[C@H]3O[C@@H](CO)[C@H](O)[C@@H](O)[C@@H]3O)cc(O)c12. The second-order valence-corrected chi connectivity index (χ2v) is 6.97. The molecule has 1 fully saturated rings. The van der Waals surface area contributed by atoms with E-state index in [1.54, 1.807) is 24.3 Å². The first-order valence-electron chi connectivity index (χ1n) is 9.22. The van der Waals surface area contributed by atoms with Crippen LogP contribution in [0.1, 0.15) is 0 Å². The van der Waals surface area contributed by atoms with Crippen LogP contribution in [0, 0.1) is 0 Å². The Balaban J connectivity index is 1.71. The molecule has 3 aromatic rings. The largest absolute Gasteiger partial charge is 0.507 e. The first-order valence-corrected chi connectivity index (χ1v) is 9.22. The highest BCUT2D eigenvalue weighted by Crippen LogP contribution is 2.33. The van der Waals surface area contributed by atoms with E-state index in [1.807, 2.05) is 6.07 Å². The molecule has 5 atom stereocenters. The number of phenols is 1. The standard InChI is InChI=1S/C21H20O9/c22-9-16-18(25)19(26)20(27)21(30-16)28-11-6-12(23)17-13(24)8-14(29-15(17)7-11)10-4-2-1-3-5-10/h1-8,16,18-23,25-27H,9H2/t16-,18-,19+,20-,21-/m0/s1. The Morgan fingerprint density at radius 2 is 1.70 bits per heavy atom. The second-order valence-electron chi connectivity index (χ2n) is 6.97. The van der Waals surface area contributed by atoms with Crippen molar-refractivity contribution in [1.82, 2.24) is 0 Å². The average Bonchev–Trinajstić information content (AvgIpc) is 2.74. The van der Waals surface area contributed by atoms with Crippen molar-refractivity contribution in [3.63, 3.8) is 0 Å². The number of hydrogen-bond donors (Lipinski definition) is 5. The van der Waals surface area contributed by atoms with Gasteiger partial charge < -0.3 is 39.4 Å². The number of rotatable bonds is 4. The molecular formula is C21H20O9. The lowest BCUT2D eigenvalue weighted by atomic mass is 9.99. The highest BCUT2D eigenvalue weighted by molar-refractivity contribution is 5.86. The molecule has 2 heterocycles. The van der Waals surface area contributed by atoms with Gasteiger partial charge >= 0.3 is 0 Å². The van der Waals surface area contributed by atoms with Crippen molar-refractivity contribution >= 4 is 11.0 Å². The number of hydrogen-bond acceptors (Lipinski definition) is 9. The van der Waals surface area contributed by atoms with Crippen molar-refractivity contribution in [3.05, 3.63) is 58.8 Å². The molecule has 9 nitrogen and oxygen atoms in total. The first kappa shape index (κ1) is 20.3. The summed E-state index contributed by atoms with van der Waals surface area (Å²) in [5.41, 5.74) is 0.254. The molecule has 1 aliphatic heterocycles. The summed E-state index contributed by atoms with van der Waals surface area (Å²) in [6, 6.07) is 12.7. The molecule has 2 aromatic carbocycles. The zero-order chi connectivity index (χ0) is 21.4. The lowest BCUT2D eigenvalue weighted by Crippen LogP contribution is -2.60. The highest BCUT2D eigenvalue weighted by Gasteiger charge is 2.44. The molecule has 0 bridgehead atoms. The maximum absolute atomic E-state index is 12.5. The summed E-state index contributed by atoms with van der Waals surface area (Å²) in [7, 11) is 0. The molecule has 0 aliphatic carbocycles. The number of fused-ring (bicyclic) bond motifs is 1. The van der Waals surface area contributed by atoms with Gasteiger partial charge in [0, 0.05) is 23.8 Å². The van der Waals surface area contributed by atoms with E-state index in [0.29, 0.717) is 5.56 Å². The zero-order valence-electron chi connectivity index (χ0n) is 15.6. The Morgan fingerprint density at radius 3 is 2.40 bits per heavy atom. The van der Waals surface area contributed by atoms with Gasteiger partial charge in [-0.15, -0.1) is 0 Å². The van der Waals surface area contributed by atoms with E-state index in [0.717, 1.165) is 6.07 Å². The van der Waals surface area contributed by atoms with Crippen LogP contribution >= 0.6 is 0 Å². The number of ether oxygens (including phenoxy) is 2. The van der Waals surface area contributed by atoms with Gasteiger partial charge in [-0.05, 0) is 0 Å². The maximum Gasteiger partial charge on any atom is 0.229 e. The van der Waals surface area contributed by atoms with Crippen LogP contribution in [0.2, 0.25) is 0 Å². The van der Waals surface area contributed by atoms with Crippen LogP contribution < -0.4 is 10.2 Å². The van der Waals surface area contributed by atoms with E-state index < -0.39 is 48.5 Å². The van der Waals surface area contributed by atoms with Crippen LogP contribution in [0.5, 0.6) is 11.5 Å². The molecule has 0 amide bonds. The van der Waals surface area contributed by atoms with Crippen LogP contribution in [0.15, 0.2) is 57.7 Å². The predicted octanol–water partition coefficient (Wildman–Crippen LogP) is 0.344. The van der Waals surface area contributed by atoms with Crippen LogP contribution in [0.25, 0.3) is 22.3 Å². The fourth-order valence-electron chi connectivity index (χ4n) is 3.36. The molecule has 158 valence electrons. The molecule has 0 saturated carbocycles. The molecule has 30 heavy (non-hydrogen) atoms. The molecule has 1 aromatic heterocycles. The van der Waals surface area contributed by atoms with Gasteiger partial charge in [-0.1, -0.05) is 30.3 Å². The minimum atomic E-state index is -1.62. The average molecular weight is 416 g/mol. The third kappa shape index (κ3) is 3.64. The molecule has 1 saturated heterocycles. The monoisotopic (exact) mass is 416 g/mol. The molecule has 0 radical (unpaired) electrons. The van der Waals surface area contributed by atoms with Crippen molar-refractivity contribution < 1.29 is 39.4 Å². The van der Waals surface area contributed by atoms with Gasteiger partial charge in [0.1, 0.15) is 52.6 Å². The van der Waals surface area contributed by atoms with Gasteiger partial charge in [0.15, 0.2) is 5.43 Å². The molecule has 0 spiro atoms. The van der Waals surface area contributed by atoms with Gasteiger partial charge in [-0.2, -0.15) is 0 Å². The maximum atomic E-state index is 12.5. The smallest absolute Gasteiger partial charge is 0.229 e. The Labute approximate surface area is 170 Å². The lowest BCUT2D eigenvalue weighted by Gasteiger charge is -2.39. The Bertz CT molecular complexity index is 1090. The fraction of sp³-hybridized carbons (Fsp3) is 0.286. The van der Waals surface area contributed by atoms with E-state index in [4.69, 9.17) is 13.9 Å². The molecule has 9 heteroatoms. The fourth-order valence-corrected chi connectivity index (χ4v) is 3.36. The second kappa shape index (κ2) is 8.05. The Kier molecular flexibility index (Phi) is 5.46. The minimum Gasteiger partial charge on any atom is -0.507 e. The van der Waals surface area contributed by atoms with Crippen molar-refractivity contribution in [2.45, 2.75) is 30.7 Å².